The van der Waals surface area contributed by atoms with E-state index in [2.05, 4.69) is 5.32 Å². The van der Waals surface area contributed by atoms with Crippen molar-refractivity contribution in [3.05, 3.63) is 33.9 Å². The summed E-state index contributed by atoms with van der Waals surface area (Å²) >= 11 is 0. The Morgan fingerprint density at radius 1 is 1.50 bits per heavy atom. The number of carbonyl (C=O) groups is 1. The summed E-state index contributed by atoms with van der Waals surface area (Å²) in [6.07, 6.45) is 1.87. The number of halogens is 2. The van der Waals surface area contributed by atoms with Crippen molar-refractivity contribution < 1.29 is 23.8 Å². The summed E-state index contributed by atoms with van der Waals surface area (Å²) in [6, 6.07) is 0.851. The lowest BCUT2D eigenvalue weighted by molar-refractivity contribution is 0.0694. The molecule has 4 rings (SSSR count). The average molecular weight is 385 g/mol. The number of rotatable bonds is 3. The SMILES string of the molecule is CC1COc2c(OC3CCNC3)c(F)cc3c(=O)c(C(=O)O)cn1c23.Cl. The van der Waals surface area contributed by atoms with Gasteiger partial charge >= 0.3 is 5.97 Å². The van der Waals surface area contributed by atoms with Crippen molar-refractivity contribution in [3.63, 3.8) is 0 Å². The molecule has 1 aromatic carbocycles. The summed E-state index contributed by atoms with van der Waals surface area (Å²) < 4.78 is 27.8. The van der Waals surface area contributed by atoms with E-state index >= 15 is 0 Å². The largest absolute Gasteiger partial charge is 0.485 e. The Labute approximate surface area is 154 Å². The summed E-state index contributed by atoms with van der Waals surface area (Å²) in [6.45, 7) is 3.47. The van der Waals surface area contributed by atoms with Gasteiger partial charge in [0.1, 0.15) is 18.3 Å². The Morgan fingerprint density at radius 2 is 2.27 bits per heavy atom. The van der Waals surface area contributed by atoms with E-state index in [1.54, 1.807) is 4.57 Å². The topological polar surface area (TPSA) is 89.8 Å². The van der Waals surface area contributed by atoms with Crippen molar-refractivity contribution in [2.75, 3.05) is 19.7 Å². The van der Waals surface area contributed by atoms with Gasteiger partial charge in [0.25, 0.3) is 0 Å². The first kappa shape index (κ1) is 18.5. The fourth-order valence-electron chi connectivity index (χ4n) is 3.36. The van der Waals surface area contributed by atoms with Gasteiger partial charge in [-0.1, -0.05) is 0 Å². The predicted molar refractivity (Wildman–Crippen MR) is 94.5 cm³/mol. The molecule has 2 N–H and O–H groups in total. The molecule has 0 spiro atoms. The lowest BCUT2D eigenvalue weighted by Gasteiger charge is -2.29. The van der Waals surface area contributed by atoms with Gasteiger partial charge in [0.05, 0.1) is 16.9 Å². The molecule has 1 saturated heterocycles. The molecule has 0 amide bonds. The third-order valence-corrected chi connectivity index (χ3v) is 4.65. The molecule has 26 heavy (non-hydrogen) atoms. The molecule has 3 heterocycles. The minimum Gasteiger partial charge on any atom is -0.485 e. The standard InChI is InChI=1S/C17H17FN2O5.ClH/c1-8-7-24-16-13-10(14(21)11(17(22)23)6-20(8)13)4-12(18)15(16)25-9-2-3-19-5-9;/h4,6,8-9,19H,2-3,5,7H2,1H3,(H,22,23);1H. The number of pyridine rings is 1. The molecule has 140 valence electrons. The van der Waals surface area contributed by atoms with E-state index in [1.807, 2.05) is 6.92 Å². The molecule has 1 aromatic heterocycles. The number of hydrogen-bond acceptors (Lipinski definition) is 5. The number of hydrogen-bond donors (Lipinski definition) is 2. The number of carboxylic acid groups (broad SMARTS) is 1. The molecule has 1 fully saturated rings. The van der Waals surface area contributed by atoms with Crippen molar-refractivity contribution >= 4 is 29.3 Å². The van der Waals surface area contributed by atoms with Crippen LogP contribution in [0.5, 0.6) is 11.5 Å². The van der Waals surface area contributed by atoms with Gasteiger partial charge in [-0.05, 0) is 26.0 Å². The number of nitrogens with one attached hydrogen (secondary N) is 1. The molecule has 2 atom stereocenters. The van der Waals surface area contributed by atoms with Gasteiger partial charge in [-0.25, -0.2) is 9.18 Å². The van der Waals surface area contributed by atoms with Crippen LogP contribution in [0.25, 0.3) is 10.9 Å². The van der Waals surface area contributed by atoms with E-state index in [0.717, 1.165) is 19.0 Å². The number of nitrogens with zero attached hydrogens (tertiary/aromatic N) is 1. The van der Waals surface area contributed by atoms with Crippen molar-refractivity contribution in [2.24, 2.45) is 0 Å². The lowest BCUT2D eigenvalue weighted by atomic mass is 10.1. The summed E-state index contributed by atoms with van der Waals surface area (Å²) in [4.78, 5) is 23.8. The fourth-order valence-corrected chi connectivity index (χ4v) is 3.36. The second-order valence-electron chi connectivity index (χ2n) is 6.39. The maximum atomic E-state index is 14.7. The van der Waals surface area contributed by atoms with Crippen LogP contribution < -0.4 is 20.2 Å². The zero-order chi connectivity index (χ0) is 17.7. The molecule has 2 aliphatic rings. The first-order valence-electron chi connectivity index (χ1n) is 8.12. The van der Waals surface area contributed by atoms with Crippen molar-refractivity contribution in [1.82, 2.24) is 9.88 Å². The molecule has 0 saturated carbocycles. The molecular formula is C17H18ClFN2O5. The van der Waals surface area contributed by atoms with Crippen molar-refractivity contribution in [1.29, 1.82) is 0 Å². The second-order valence-corrected chi connectivity index (χ2v) is 6.39. The van der Waals surface area contributed by atoms with Crippen LogP contribution in [-0.2, 0) is 0 Å². The highest BCUT2D eigenvalue weighted by atomic mass is 35.5. The molecule has 0 aliphatic carbocycles. The van der Waals surface area contributed by atoms with Crippen LogP contribution in [0, 0.1) is 5.82 Å². The van der Waals surface area contributed by atoms with E-state index in [0.29, 0.717) is 12.1 Å². The number of ether oxygens (including phenoxy) is 2. The van der Waals surface area contributed by atoms with Gasteiger partial charge in [0, 0.05) is 12.7 Å². The summed E-state index contributed by atoms with van der Waals surface area (Å²) in [5, 5.41) is 12.4. The van der Waals surface area contributed by atoms with Gasteiger partial charge in [-0.15, -0.1) is 12.4 Å². The molecule has 2 aliphatic heterocycles. The van der Waals surface area contributed by atoms with Crippen LogP contribution in [0.2, 0.25) is 0 Å². The van der Waals surface area contributed by atoms with Crippen LogP contribution in [0.3, 0.4) is 0 Å². The van der Waals surface area contributed by atoms with Crippen LogP contribution in [0.4, 0.5) is 4.39 Å². The van der Waals surface area contributed by atoms with E-state index in [1.165, 1.54) is 6.20 Å². The summed E-state index contributed by atoms with van der Waals surface area (Å²) in [5.41, 5.74) is -0.748. The van der Waals surface area contributed by atoms with Crippen LogP contribution in [0.1, 0.15) is 29.7 Å². The molecule has 2 aromatic rings. The van der Waals surface area contributed by atoms with E-state index in [4.69, 9.17) is 9.47 Å². The third kappa shape index (κ3) is 2.79. The Morgan fingerprint density at radius 3 is 2.92 bits per heavy atom. The lowest BCUT2D eigenvalue weighted by Crippen LogP contribution is -2.28. The normalized spacial score (nSPS) is 21.2. The van der Waals surface area contributed by atoms with E-state index < -0.39 is 17.2 Å². The van der Waals surface area contributed by atoms with Crippen LogP contribution in [-0.4, -0.2) is 41.4 Å². The first-order valence-corrected chi connectivity index (χ1v) is 8.12. The Bertz CT molecular complexity index is 939. The Hall–Kier alpha value is -2.32. The number of carboxylic acids is 1. The van der Waals surface area contributed by atoms with Crippen LogP contribution >= 0.6 is 12.4 Å². The molecule has 9 heteroatoms. The second kappa shape index (κ2) is 6.77. The molecule has 2 unspecified atom stereocenters. The highest BCUT2D eigenvalue weighted by molar-refractivity contribution is 5.95. The van der Waals surface area contributed by atoms with Crippen LogP contribution in [0.15, 0.2) is 17.1 Å². The van der Waals surface area contributed by atoms with Crippen molar-refractivity contribution in [2.45, 2.75) is 25.5 Å². The van der Waals surface area contributed by atoms with Gasteiger partial charge in [-0.2, -0.15) is 0 Å². The Kier molecular flexibility index (Phi) is 4.81. The minimum atomic E-state index is -1.34. The Balaban J connectivity index is 0.00000196. The number of aromatic nitrogens is 1. The van der Waals surface area contributed by atoms with Gasteiger partial charge in [-0.3, -0.25) is 4.79 Å². The predicted octanol–water partition coefficient (Wildman–Crippen LogP) is 1.95. The van der Waals surface area contributed by atoms with Gasteiger partial charge in [0.15, 0.2) is 17.3 Å². The average Bonchev–Trinajstić information content (AvgIpc) is 3.08. The maximum Gasteiger partial charge on any atom is 0.341 e. The smallest absolute Gasteiger partial charge is 0.341 e. The van der Waals surface area contributed by atoms with Crippen molar-refractivity contribution in [3.8, 4) is 11.5 Å². The quantitative estimate of drug-likeness (QED) is 0.840. The maximum absolute atomic E-state index is 14.7. The number of aromatic carboxylic acids is 1. The third-order valence-electron chi connectivity index (χ3n) is 4.65. The highest BCUT2D eigenvalue weighted by Crippen LogP contribution is 2.42. The first-order chi connectivity index (χ1) is 12.0. The van der Waals surface area contributed by atoms with E-state index in [-0.39, 0.29) is 53.6 Å². The minimum absolute atomic E-state index is 0. The molecule has 7 nitrogen and oxygen atoms in total. The van der Waals surface area contributed by atoms with Gasteiger partial charge in [0.2, 0.25) is 5.43 Å². The van der Waals surface area contributed by atoms with Gasteiger partial charge < -0.3 is 24.5 Å². The van der Waals surface area contributed by atoms with E-state index in [9.17, 15) is 19.1 Å². The molecular weight excluding hydrogens is 367 g/mol. The summed E-state index contributed by atoms with van der Waals surface area (Å²) in [5.74, 6) is -1.93. The monoisotopic (exact) mass is 384 g/mol. The highest BCUT2D eigenvalue weighted by Gasteiger charge is 2.30. The molecule has 0 bridgehead atoms. The summed E-state index contributed by atoms with van der Waals surface area (Å²) in [7, 11) is 0. The number of benzene rings is 1. The molecule has 0 radical (unpaired) electrons. The zero-order valence-electron chi connectivity index (χ0n) is 14.0. The zero-order valence-corrected chi connectivity index (χ0v) is 14.8. The fraction of sp³-hybridized carbons (Fsp3) is 0.412.